The van der Waals surface area contributed by atoms with Gasteiger partial charge in [0.05, 0.1) is 29.4 Å². The van der Waals surface area contributed by atoms with E-state index in [1.165, 1.54) is 6.07 Å². The first-order valence-corrected chi connectivity index (χ1v) is 20.3. The van der Waals surface area contributed by atoms with Gasteiger partial charge in [-0.15, -0.1) is 0 Å². The van der Waals surface area contributed by atoms with Crippen molar-refractivity contribution in [3.63, 3.8) is 0 Å². The molecule has 0 aromatic heterocycles. The molecule has 3 aliphatic heterocycles. The lowest BCUT2D eigenvalue weighted by molar-refractivity contribution is -0.138. The first-order chi connectivity index (χ1) is 28.3. The van der Waals surface area contributed by atoms with Crippen LogP contribution in [0, 0.1) is 18.3 Å². The summed E-state index contributed by atoms with van der Waals surface area (Å²) in [6, 6.07) is 15.1. The summed E-state index contributed by atoms with van der Waals surface area (Å²) in [5.74, 6) is -0.633. The van der Waals surface area contributed by atoms with Crippen molar-refractivity contribution in [3.05, 3.63) is 76.9 Å². The van der Waals surface area contributed by atoms with Crippen LogP contribution in [-0.4, -0.2) is 95.0 Å². The highest BCUT2D eigenvalue weighted by Crippen LogP contribution is 2.42. The zero-order chi connectivity index (χ0) is 43.7. The average Bonchev–Trinajstić information content (AvgIpc) is 3.35. The number of thiocarbonyl (C=S) groups is 1. The number of piperazine rings is 1. The molecular weight excluding hydrogens is 798 g/mol. The number of halogens is 3. The van der Waals surface area contributed by atoms with Crippen LogP contribution in [-0.2, 0) is 31.8 Å². The molecule has 3 aliphatic rings. The summed E-state index contributed by atoms with van der Waals surface area (Å²) in [6.07, 6.45) is -3.54. The maximum Gasteiger partial charge on any atom is 0.417 e. The summed E-state index contributed by atoms with van der Waals surface area (Å²) in [5.41, 5.74) is 0.619. The number of nitrogens with zero attached hydrogens (tertiary/aromatic N) is 5. The molecule has 0 aliphatic carbocycles. The third kappa shape index (κ3) is 9.10. The van der Waals surface area contributed by atoms with Gasteiger partial charge >= 0.3 is 6.18 Å². The summed E-state index contributed by atoms with van der Waals surface area (Å²) in [7, 11) is 0. The lowest BCUT2D eigenvalue weighted by Crippen LogP contribution is -2.58. The first kappa shape index (κ1) is 44.0. The average molecular weight is 847 g/mol. The normalized spacial score (nSPS) is 21.2. The molecule has 1 unspecified atom stereocenters. The lowest BCUT2D eigenvalue weighted by Gasteiger charge is -2.44. The number of hydrogen-bond donors (Lipinski definition) is 3. The highest BCUT2D eigenvalue weighted by Gasteiger charge is 2.51. The molecule has 60 heavy (non-hydrogen) atoms. The van der Waals surface area contributed by atoms with Gasteiger partial charge in [0.1, 0.15) is 23.9 Å². The molecule has 3 heterocycles. The topological polar surface area (TPSA) is 150 Å². The maximum atomic E-state index is 13.8. The summed E-state index contributed by atoms with van der Waals surface area (Å²) in [6.45, 7) is 14.1. The van der Waals surface area contributed by atoms with E-state index in [-0.39, 0.29) is 53.6 Å². The minimum atomic E-state index is -4.80. The van der Waals surface area contributed by atoms with E-state index in [1.807, 2.05) is 26.0 Å². The second-order valence-corrected chi connectivity index (χ2v) is 16.3. The molecule has 4 amide bonds. The fraction of sp³-hybridized carbons (Fsp3) is 0.442. The molecule has 3 N–H and O–H groups in total. The van der Waals surface area contributed by atoms with Gasteiger partial charge in [0.2, 0.25) is 17.7 Å². The smallest absolute Gasteiger partial charge is 0.417 e. The molecule has 0 saturated carbocycles. The van der Waals surface area contributed by atoms with Gasteiger partial charge in [0, 0.05) is 55.2 Å². The van der Waals surface area contributed by atoms with E-state index in [9.17, 15) is 37.6 Å². The Hall–Kier alpha value is -5.57. The molecular formula is C43H49F3N8O5S. The number of hydrogen-bond acceptors (Lipinski definition) is 10. The van der Waals surface area contributed by atoms with E-state index in [2.05, 4.69) is 39.6 Å². The van der Waals surface area contributed by atoms with E-state index >= 15 is 0 Å². The van der Waals surface area contributed by atoms with Gasteiger partial charge in [-0.1, -0.05) is 13.0 Å². The number of rotatable bonds is 12. The van der Waals surface area contributed by atoms with Crippen LogP contribution in [0.5, 0.6) is 5.75 Å². The Morgan fingerprint density at radius 2 is 1.75 bits per heavy atom. The number of carbonyl (C=O) groups is 4. The Morgan fingerprint density at radius 3 is 2.40 bits per heavy atom. The van der Waals surface area contributed by atoms with Crippen LogP contribution in [0.15, 0.2) is 54.6 Å². The van der Waals surface area contributed by atoms with Gasteiger partial charge in [0.25, 0.3) is 5.91 Å². The van der Waals surface area contributed by atoms with E-state index < -0.39 is 34.8 Å². The molecule has 3 saturated heterocycles. The molecule has 3 fully saturated rings. The monoisotopic (exact) mass is 846 g/mol. The zero-order valence-electron chi connectivity index (χ0n) is 34.4. The Bertz CT molecular complexity index is 2230. The maximum absolute atomic E-state index is 13.8. The number of nitriles is 1. The molecule has 0 spiro atoms. The summed E-state index contributed by atoms with van der Waals surface area (Å²) < 4.78 is 47.9. The zero-order valence-corrected chi connectivity index (χ0v) is 35.2. The van der Waals surface area contributed by atoms with Crippen molar-refractivity contribution < 1.29 is 37.1 Å². The second-order valence-electron chi connectivity index (χ2n) is 16.0. The number of piperidine rings is 1. The summed E-state index contributed by atoms with van der Waals surface area (Å²) in [5, 5.41) is 17.7. The minimum absolute atomic E-state index is 0.0232. The molecule has 17 heteroatoms. The summed E-state index contributed by atoms with van der Waals surface area (Å²) >= 11 is 5.78. The van der Waals surface area contributed by atoms with Gasteiger partial charge in [-0.05, 0) is 119 Å². The quantitative estimate of drug-likeness (QED) is 0.146. The van der Waals surface area contributed by atoms with Crippen LogP contribution in [0.1, 0.15) is 69.7 Å². The van der Waals surface area contributed by atoms with Gasteiger partial charge in [-0.2, -0.15) is 18.4 Å². The molecule has 13 nitrogen and oxygen atoms in total. The largest absolute Gasteiger partial charge is 0.492 e. The highest BCUT2D eigenvalue weighted by molar-refractivity contribution is 7.81. The van der Waals surface area contributed by atoms with E-state index in [0.717, 1.165) is 41.2 Å². The van der Waals surface area contributed by atoms with Gasteiger partial charge in [-0.25, -0.2) is 0 Å². The van der Waals surface area contributed by atoms with Gasteiger partial charge in [-0.3, -0.25) is 39.2 Å². The Labute approximate surface area is 352 Å². The Balaban J connectivity index is 1.05. The van der Waals surface area contributed by atoms with Crippen molar-refractivity contribution in [2.45, 2.75) is 90.6 Å². The first-order valence-electron chi connectivity index (χ1n) is 19.9. The van der Waals surface area contributed by atoms with Crippen molar-refractivity contribution in [1.82, 2.24) is 15.1 Å². The van der Waals surface area contributed by atoms with Crippen molar-refractivity contribution in [3.8, 4) is 11.8 Å². The third-order valence-corrected chi connectivity index (χ3v) is 11.7. The number of amides is 4. The molecule has 6 rings (SSSR count). The van der Waals surface area contributed by atoms with E-state index in [1.54, 1.807) is 49.1 Å². The van der Waals surface area contributed by atoms with Gasteiger partial charge < -0.3 is 20.3 Å². The number of nitrogens with one attached hydrogen (secondary N) is 3. The number of ether oxygens (including phenoxy) is 1. The highest BCUT2D eigenvalue weighted by atomic mass is 32.1. The fourth-order valence-electron chi connectivity index (χ4n) is 8.30. The van der Waals surface area contributed by atoms with Crippen LogP contribution < -0.4 is 30.5 Å². The fourth-order valence-corrected chi connectivity index (χ4v) is 8.81. The standard InChI is InChI=1S/C43H49F3N8O5S/c1-7-32-27(4)35(54-41(60)53(40(58)42(54,5)6)31-12-11-28(21-47)33(20-31)43(44,45)46)14-15-36(32)59-18-17-51-22-25(2)52(26(3)23-51)24-38(56)49-30-10-8-9-29(19-30)48-34-13-16-37(55)50-39(34)57/h8-12,14-15,19-20,25-26,34,48H,7,13,16-18,22-24H2,1-6H3,(H,49,56)(H,50,55,57)/t25-,26+,34?. The minimum Gasteiger partial charge on any atom is -0.492 e. The molecule has 3 aromatic carbocycles. The molecule has 0 bridgehead atoms. The van der Waals surface area contributed by atoms with Crippen LogP contribution in [0.25, 0.3) is 0 Å². The lowest BCUT2D eigenvalue weighted by atomic mass is 9.98. The van der Waals surface area contributed by atoms with Crippen LogP contribution >= 0.6 is 12.2 Å². The predicted octanol–water partition coefficient (Wildman–Crippen LogP) is 5.99. The number of imide groups is 1. The SMILES string of the molecule is CCc1c(OCCN2C[C@@H](C)N(CC(=O)Nc3cccc(NC4CCC(=O)NC4=O)c3)[C@@H](C)C2)ccc(N2C(=S)N(c3ccc(C#N)c(C(F)(F)F)c3)C(=O)C2(C)C)c1C. The van der Waals surface area contributed by atoms with E-state index in [0.29, 0.717) is 48.8 Å². The van der Waals surface area contributed by atoms with Crippen LogP contribution in [0.2, 0.25) is 0 Å². The molecule has 318 valence electrons. The van der Waals surface area contributed by atoms with Crippen molar-refractivity contribution in [1.29, 1.82) is 5.26 Å². The third-order valence-electron chi connectivity index (χ3n) is 11.4. The van der Waals surface area contributed by atoms with Crippen molar-refractivity contribution in [2.24, 2.45) is 0 Å². The predicted molar refractivity (Wildman–Crippen MR) is 226 cm³/mol. The number of anilines is 4. The second kappa shape index (κ2) is 17.6. The van der Waals surface area contributed by atoms with Crippen LogP contribution in [0.4, 0.5) is 35.9 Å². The molecule has 0 radical (unpaired) electrons. The molecule has 3 atom stereocenters. The van der Waals surface area contributed by atoms with E-state index in [4.69, 9.17) is 17.0 Å². The van der Waals surface area contributed by atoms with Crippen molar-refractivity contribution >= 4 is 63.7 Å². The number of carbonyl (C=O) groups excluding carboxylic acids is 4. The van der Waals surface area contributed by atoms with Crippen LogP contribution in [0.3, 0.4) is 0 Å². The summed E-state index contributed by atoms with van der Waals surface area (Å²) in [4.78, 5) is 57.9. The molecule has 3 aromatic rings. The number of alkyl halides is 3. The Morgan fingerprint density at radius 1 is 1.05 bits per heavy atom. The number of benzene rings is 3. The van der Waals surface area contributed by atoms with Crippen molar-refractivity contribution in [2.75, 3.05) is 53.2 Å². The van der Waals surface area contributed by atoms with Gasteiger partial charge in [0.15, 0.2) is 5.11 Å². The Kier molecular flexibility index (Phi) is 12.9.